The maximum absolute atomic E-state index is 5.07. The quantitative estimate of drug-likeness (QED) is 0.104. The molecule has 2 nitrogen and oxygen atoms in total. The number of hydrogen-bond donors (Lipinski definition) is 0. The second-order valence-corrected chi connectivity index (χ2v) is 13.7. The SMILES string of the molecule is C=CCC(/C=C/c1cc(C2=CC=C(C3=CC=CCC3)CC2)nc(-c2ccccc2)n1)c1ccc2c3c(ccc2c1)C=CC(I)C3. The average molecular weight is 697 g/mol. The van der Waals surface area contributed by atoms with Crippen molar-refractivity contribution in [3.63, 3.8) is 0 Å². The van der Waals surface area contributed by atoms with Crippen molar-refractivity contribution in [3.05, 3.63) is 161 Å². The fraction of sp³-hybridized carbons (Fsp3) is 0.190. The van der Waals surface area contributed by atoms with Crippen LogP contribution in [0.4, 0.5) is 0 Å². The van der Waals surface area contributed by atoms with E-state index in [1.807, 2.05) is 12.1 Å². The Labute approximate surface area is 280 Å². The number of allylic oxidation sites excluding steroid dienone is 11. The summed E-state index contributed by atoms with van der Waals surface area (Å²) in [6.07, 6.45) is 28.6. The van der Waals surface area contributed by atoms with Crippen LogP contribution in [0.1, 0.15) is 66.1 Å². The number of aromatic nitrogens is 2. The predicted molar refractivity (Wildman–Crippen MR) is 200 cm³/mol. The first-order valence-corrected chi connectivity index (χ1v) is 17.3. The summed E-state index contributed by atoms with van der Waals surface area (Å²) in [4.78, 5) is 10.1. The Hall–Kier alpha value is -4.09. The van der Waals surface area contributed by atoms with Gasteiger partial charge >= 0.3 is 0 Å². The maximum Gasteiger partial charge on any atom is 0.160 e. The van der Waals surface area contributed by atoms with Crippen molar-refractivity contribution in [1.82, 2.24) is 9.97 Å². The second-order valence-electron chi connectivity index (χ2n) is 12.1. The van der Waals surface area contributed by atoms with E-state index in [4.69, 9.17) is 9.97 Å². The monoisotopic (exact) mass is 696 g/mol. The summed E-state index contributed by atoms with van der Waals surface area (Å²) in [5.41, 5.74) is 11.3. The van der Waals surface area contributed by atoms with E-state index < -0.39 is 0 Å². The van der Waals surface area contributed by atoms with Gasteiger partial charge in [0.05, 0.1) is 11.4 Å². The van der Waals surface area contributed by atoms with Crippen molar-refractivity contribution in [3.8, 4) is 11.4 Å². The molecule has 0 radical (unpaired) electrons. The predicted octanol–water partition coefficient (Wildman–Crippen LogP) is 11.4. The fourth-order valence-corrected chi connectivity index (χ4v) is 7.30. The summed E-state index contributed by atoms with van der Waals surface area (Å²) in [7, 11) is 0. The molecule has 0 saturated carbocycles. The highest BCUT2D eigenvalue weighted by atomic mass is 127. The normalized spacial score (nSPS) is 18.3. The van der Waals surface area contributed by atoms with Gasteiger partial charge in [-0.1, -0.05) is 138 Å². The summed E-state index contributed by atoms with van der Waals surface area (Å²) < 4.78 is 0.546. The molecular weight excluding hydrogens is 659 g/mol. The van der Waals surface area contributed by atoms with Gasteiger partial charge in [0, 0.05) is 15.4 Å². The van der Waals surface area contributed by atoms with E-state index in [-0.39, 0.29) is 5.92 Å². The van der Waals surface area contributed by atoms with Crippen LogP contribution in [0, 0.1) is 0 Å². The number of rotatable bonds is 8. The lowest BCUT2D eigenvalue weighted by atomic mass is 9.88. The van der Waals surface area contributed by atoms with Gasteiger partial charge in [-0.3, -0.25) is 0 Å². The third-order valence-electron chi connectivity index (χ3n) is 9.11. The van der Waals surface area contributed by atoms with Crippen molar-refractivity contribution in [1.29, 1.82) is 0 Å². The largest absolute Gasteiger partial charge is 0.229 e. The van der Waals surface area contributed by atoms with Crippen LogP contribution in [-0.2, 0) is 6.42 Å². The molecule has 0 aliphatic heterocycles. The molecule has 3 aliphatic carbocycles. The molecule has 3 aromatic carbocycles. The van der Waals surface area contributed by atoms with Gasteiger partial charge in [0.25, 0.3) is 0 Å². The number of nitrogens with zero attached hydrogens (tertiary/aromatic N) is 2. The second kappa shape index (κ2) is 13.5. The van der Waals surface area contributed by atoms with Crippen LogP contribution in [0.2, 0.25) is 0 Å². The minimum Gasteiger partial charge on any atom is -0.229 e. The van der Waals surface area contributed by atoms with Gasteiger partial charge in [0.1, 0.15) is 0 Å². The highest BCUT2D eigenvalue weighted by Gasteiger charge is 2.17. The van der Waals surface area contributed by atoms with Crippen LogP contribution >= 0.6 is 22.6 Å². The van der Waals surface area contributed by atoms with Gasteiger partial charge in [-0.15, -0.1) is 6.58 Å². The van der Waals surface area contributed by atoms with E-state index in [0.717, 1.165) is 61.3 Å². The standard InChI is InChI=1S/C42H37IN2/c1-2-9-29(35-22-25-39-36(26-35)19-16-32-20-23-37(43)27-40(32)39)21-24-38-28-41(45-42(44-38)34-12-7-4-8-13-34)33-17-14-31(15-18-33)30-10-5-3-6-11-30/h2-5,7-8,10,12-14,16-17,19-26,28-29,37H,1,6,9,11,15,18,27H2/b24-21+. The van der Waals surface area contributed by atoms with Crippen molar-refractivity contribution in [2.24, 2.45) is 0 Å². The third-order valence-corrected chi connectivity index (χ3v) is 9.96. The summed E-state index contributed by atoms with van der Waals surface area (Å²) in [5, 5.41) is 2.67. The number of hydrogen-bond acceptors (Lipinski definition) is 2. The number of fused-ring (bicyclic) bond motifs is 3. The third kappa shape index (κ3) is 6.64. The first-order chi connectivity index (χ1) is 22.1. The molecule has 0 saturated heterocycles. The van der Waals surface area contributed by atoms with Crippen LogP contribution in [0.15, 0.2) is 133 Å². The molecule has 0 N–H and O–H groups in total. The van der Waals surface area contributed by atoms with E-state index in [2.05, 4.69) is 145 Å². The van der Waals surface area contributed by atoms with Crippen LogP contribution in [-0.4, -0.2) is 13.9 Å². The lowest BCUT2D eigenvalue weighted by Gasteiger charge is -2.19. The molecule has 1 heterocycles. The molecule has 0 fully saturated rings. The fourth-order valence-electron chi connectivity index (χ4n) is 6.66. The highest BCUT2D eigenvalue weighted by molar-refractivity contribution is 14.1. The average Bonchev–Trinajstić information content (AvgIpc) is 3.10. The highest BCUT2D eigenvalue weighted by Crippen LogP contribution is 2.35. The Bertz CT molecular complexity index is 1940. The van der Waals surface area contributed by atoms with Crippen LogP contribution in [0.25, 0.3) is 39.9 Å². The van der Waals surface area contributed by atoms with Crippen LogP contribution in [0.3, 0.4) is 0 Å². The van der Waals surface area contributed by atoms with E-state index in [9.17, 15) is 0 Å². The lowest BCUT2D eigenvalue weighted by Crippen LogP contribution is -2.06. The number of benzene rings is 3. The Balaban J connectivity index is 1.22. The molecule has 2 unspecified atom stereocenters. The van der Waals surface area contributed by atoms with E-state index in [1.54, 1.807) is 0 Å². The smallest absolute Gasteiger partial charge is 0.160 e. The first-order valence-electron chi connectivity index (χ1n) is 16.0. The Kier molecular flexibility index (Phi) is 8.88. The van der Waals surface area contributed by atoms with E-state index >= 15 is 0 Å². The first kappa shape index (κ1) is 29.6. The summed E-state index contributed by atoms with van der Waals surface area (Å²) >= 11 is 2.54. The zero-order valence-electron chi connectivity index (χ0n) is 25.5. The van der Waals surface area contributed by atoms with Crippen molar-refractivity contribution in [2.45, 2.75) is 48.4 Å². The van der Waals surface area contributed by atoms with Gasteiger partial charge in [-0.05, 0) is 94.8 Å². The van der Waals surface area contributed by atoms with E-state index in [0.29, 0.717) is 3.92 Å². The summed E-state index contributed by atoms with van der Waals surface area (Å²) in [6, 6.07) is 24.0. The van der Waals surface area contributed by atoms with Crippen LogP contribution < -0.4 is 0 Å². The van der Waals surface area contributed by atoms with Gasteiger partial charge in [0.2, 0.25) is 0 Å². The zero-order valence-corrected chi connectivity index (χ0v) is 27.7. The molecule has 1 aromatic heterocycles. The molecule has 0 amide bonds. The van der Waals surface area contributed by atoms with Gasteiger partial charge < -0.3 is 0 Å². The summed E-state index contributed by atoms with van der Waals surface area (Å²) in [5.74, 6) is 0.970. The molecule has 7 rings (SSSR count). The van der Waals surface area contributed by atoms with Gasteiger partial charge in [-0.2, -0.15) is 0 Å². The molecule has 0 spiro atoms. The topological polar surface area (TPSA) is 25.8 Å². The molecule has 222 valence electrons. The molecular formula is C42H37IN2. The molecule has 45 heavy (non-hydrogen) atoms. The zero-order chi connectivity index (χ0) is 30.6. The van der Waals surface area contributed by atoms with E-state index in [1.165, 1.54) is 44.2 Å². The van der Waals surface area contributed by atoms with Gasteiger partial charge in [0.15, 0.2) is 5.82 Å². The van der Waals surface area contributed by atoms with Crippen molar-refractivity contribution < 1.29 is 0 Å². The minimum absolute atomic E-state index is 0.205. The summed E-state index contributed by atoms with van der Waals surface area (Å²) in [6.45, 7) is 4.09. The van der Waals surface area contributed by atoms with Crippen molar-refractivity contribution >= 4 is 51.1 Å². The molecule has 4 aromatic rings. The Morgan fingerprint density at radius 2 is 1.73 bits per heavy atom. The molecule has 0 bridgehead atoms. The number of alkyl halides is 1. The van der Waals surface area contributed by atoms with Crippen molar-refractivity contribution in [2.75, 3.05) is 0 Å². The molecule has 3 aliphatic rings. The molecule has 3 heteroatoms. The molecule has 2 atom stereocenters. The lowest BCUT2D eigenvalue weighted by molar-refractivity contribution is 0.870. The van der Waals surface area contributed by atoms with Crippen LogP contribution in [0.5, 0.6) is 0 Å². The Morgan fingerprint density at radius 1 is 0.889 bits per heavy atom. The van der Waals surface area contributed by atoms with Gasteiger partial charge in [-0.25, -0.2) is 9.97 Å². The maximum atomic E-state index is 5.07. The Morgan fingerprint density at radius 3 is 2.53 bits per heavy atom. The number of halogens is 1. The minimum atomic E-state index is 0.205.